The fraction of sp³-hybridized carbons (Fsp3) is 0.133. The van der Waals surface area contributed by atoms with E-state index in [1.807, 2.05) is 0 Å². The van der Waals surface area contributed by atoms with Crippen molar-refractivity contribution in [3.8, 4) is 0 Å². The second-order valence-electron chi connectivity index (χ2n) is 4.50. The van der Waals surface area contributed by atoms with Gasteiger partial charge in [-0.15, -0.1) is 0 Å². The first-order chi connectivity index (χ1) is 9.59. The van der Waals surface area contributed by atoms with Gasteiger partial charge in [-0.05, 0) is 12.1 Å². The smallest absolute Gasteiger partial charge is 0.339 e. The number of cyclic esters (lactones) is 1. The Morgan fingerprint density at radius 2 is 1.85 bits per heavy atom. The van der Waals surface area contributed by atoms with Crippen LogP contribution >= 0.6 is 23.2 Å². The van der Waals surface area contributed by atoms with E-state index in [1.54, 1.807) is 42.5 Å². The molecule has 0 amide bonds. The maximum absolute atomic E-state index is 11.8. The molecule has 0 radical (unpaired) electrons. The summed E-state index contributed by atoms with van der Waals surface area (Å²) in [5.41, 5.74) is 1.56. The SMILES string of the molecule is O=C1O[C@@H]([C@H](O)c2cccc(Cl)c2Cl)c2ccccc21. The molecule has 0 aliphatic carbocycles. The van der Waals surface area contributed by atoms with Gasteiger partial charge in [-0.1, -0.05) is 53.5 Å². The number of ether oxygens (including phenoxy) is 1. The number of benzene rings is 2. The van der Waals surface area contributed by atoms with Crippen LogP contribution in [0, 0.1) is 0 Å². The second kappa shape index (κ2) is 5.09. The third-order valence-corrected chi connectivity index (χ3v) is 4.14. The maximum atomic E-state index is 11.8. The average Bonchev–Trinajstić information content (AvgIpc) is 2.79. The highest BCUT2D eigenvalue weighted by Crippen LogP contribution is 2.42. The van der Waals surface area contributed by atoms with Gasteiger partial charge in [0, 0.05) is 11.1 Å². The van der Waals surface area contributed by atoms with Crippen molar-refractivity contribution in [1.82, 2.24) is 0 Å². The number of esters is 1. The molecular weight excluding hydrogens is 299 g/mol. The predicted octanol–water partition coefficient (Wildman–Crippen LogP) is 3.94. The molecule has 1 aliphatic rings. The van der Waals surface area contributed by atoms with Gasteiger partial charge in [0.2, 0.25) is 0 Å². The Morgan fingerprint density at radius 3 is 2.65 bits per heavy atom. The average molecular weight is 309 g/mol. The topological polar surface area (TPSA) is 46.5 Å². The van der Waals surface area contributed by atoms with Crippen LogP contribution < -0.4 is 0 Å². The summed E-state index contributed by atoms with van der Waals surface area (Å²) in [4.78, 5) is 11.8. The number of rotatable bonds is 2. The summed E-state index contributed by atoms with van der Waals surface area (Å²) >= 11 is 12.0. The van der Waals surface area contributed by atoms with E-state index >= 15 is 0 Å². The first-order valence-electron chi connectivity index (χ1n) is 6.01. The molecule has 1 heterocycles. The highest BCUT2D eigenvalue weighted by molar-refractivity contribution is 6.42. The number of carbonyl (C=O) groups excluding carboxylic acids is 1. The third kappa shape index (κ3) is 2.08. The predicted molar refractivity (Wildman–Crippen MR) is 76.0 cm³/mol. The minimum atomic E-state index is -1.06. The molecule has 2 atom stereocenters. The zero-order valence-corrected chi connectivity index (χ0v) is 11.7. The van der Waals surface area contributed by atoms with Crippen molar-refractivity contribution in [2.45, 2.75) is 12.2 Å². The number of hydrogen-bond donors (Lipinski definition) is 1. The van der Waals surface area contributed by atoms with Crippen LogP contribution in [0.3, 0.4) is 0 Å². The van der Waals surface area contributed by atoms with Crippen molar-refractivity contribution >= 4 is 29.2 Å². The molecule has 1 N–H and O–H groups in total. The lowest BCUT2D eigenvalue weighted by atomic mass is 9.97. The summed E-state index contributed by atoms with van der Waals surface area (Å²) in [6.45, 7) is 0. The van der Waals surface area contributed by atoms with Gasteiger partial charge in [-0.25, -0.2) is 4.79 Å². The van der Waals surface area contributed by atoms with Gasteiger partial charge in [0.05, 0.1) is 15.6 Å². The maximum Gasteiger partial charge on any atom is 0.339 e. The number of aliphatic hydroxyl groups excluding tert-OH is 1. The summed E-state index contributed by atoms with van der Waals surface area (Å²) < 4.78 is 5.25. The van der Waals surface area contributed by atoms with Crippen LogP contribution in [0.1, 0.15) is 33.7 Å². The van der Waals surface area contributed by atoms with E-state index in [0.717, 1.165) is 0 Å². The third-order valence-electron chi connectivity index (χ3n) is 3.31. The highest BCUT2D eigenvalue weighted by Gasteiger charge is 2.37. The monoisotopic (exact) mass is 308 g/mol. The van der Waals surface area contributed by atoms with Crippen molar-refractivity contribution in [1.29, 1.82) is 0 Å². The fourth-order valence-electron chi connectivity index (χ4n) is 2.32. The molecule has 102 valence electrons. The lowest BCUT2D eigenvalue weighted by molar-refractivity contribution is -0.0102. The standard InChI is InChI=1S/C15H10Cl2O3/c16-11-7-3-6-10(12(11)17)13(18)14-8-4-1-2-5-9(8)15(19)20-14/h1-7,13-14,18H/t13-,14-/m1/s1. The van der Waals surface area contributed by atoms with Crippen LogP contribution in [0.25, 0.3) is 0 Å². The molecule has 5 heteroatoms. The van der Waals surface area contributed by atoms with E-state index in [0.29, 0.717) is 21.7 Å². The van der Waals surface area contributed by atoms with Crippen LogP contribution in [0.5, 0.6) is 0 Å². The molecule has 20 heavy (non-hydrogen) atoms. The number of carbonyl (C=O) groups is 1. The first kappa shape index (κ1) is 13.4. The zero-order valence-electron chi connectivity index (χ0n) is 10.2. The summed E-state index contributed by atoms with van der Waals surface area (Å²) in [5, 5.41) is 11.1. The first-order valence-corrected chi connectivity index (χ1v) is 6.77. The largest absolute Gasteiger partial charge is 0.451 e. The Hall–Kier alpha value is -1.55. The Bertz CT molecular complexity index is 685. The number of aliphatic hydroxyl groups is 1. The fourth-order valence-corrected chi connectivity index (χ4v) is 2.74. The normalized spacial score (nSPS) is 18.6. The van der Waals surface area contributed by atoms with Crippen molar-refractivity contribution in [3.63, 3.8) is 0 Å². The second-order valence-corrected chi connectivity index (χ2v) is 5.29. The lowest BCUT2D eigenvalue weighted by Gasteiger charge is -2.19. The van der Waals surface area contributed by atoms with Crippen molar-refractivity contribution in [3.05, 3.63) is 69.2 Å². The lowest BCUT2D eigenvalue weighted by Crippen LogP contribution is -2.11. The summed E-state index contributed by atoms with van der Waals surface area (Å²) in [6.07, 6.45) is -1.83. The Labute approximate surface area is 125 Å². The quantitative estimate of drug-likeness (QED) is 0.855. The van der Waals surface area contributed by atoms with Crippen molar-refractivity contribution in [2.75, 3.05) is 0 Å². The molecular formula is C15H10Cl2O3. The number of fused-ring (bicyclic) bond motifs is 1. The van der Waals surface area contributed by atoms with Crippen LogP contribution in [0.2, 0.25) is 10.0 Å². The molecule has 0 saturated heterocycles. The minimum absolute atomic E-state index is 0.266. The van der Waals surface area contributed by atoms with Gasteiger partial charge in [0.1, 0.15) is 6.10 Å². The summed E-state index contributed by atoms with van der Waals surface area (Å²) in [6, 6.07) is 12.0. The highest BCUT2D eigenvalue weighted by atomic mass is 35.5. The van der Waals surface area contributed by atoms with Crippen LogP contribution in [-0.2, 0) is 4.74 Å². The van der Waals surface area contributed by atoms with Crippen LogP contribution in [-0.4, -0.2) is 11.1 Å². The molecule has 1 aliphatic heterocycles. The van der Waals surface area contributed by atoms with Gasteiger partial charge < -0.3 is 9.84 Å². The Balaban J connectivity index is 2.02. The van der Waals surface area contributed by atoms with Gasteiger partial charge in [-0.3, -0.25) is 0 Å². The zero-order chi connectivity index (χ0) is 14.3. The molecule has 0 spiro atoms. The van der Waals surface area contributed by atoms with E-state index in [-0.39, 0.29) is 5.02 Å². The van der Waals surface area contributed by atoms with E-state index in [2.05, 4.69) is 0 Å². The molecule has 2 aromatic rings. The van der Waals surface area contributed by atoms with Crippen molar-refractivity contribution < 1.29 is 14.6 Å². The van der Waals surface area contributed by atoms with Gasteiger partial charge in [-0.2, -0.15) is 0 Å². The molecule has 0 aromatic heterocycles. The molecule has 0 saturated carbocycles. The molecule has 0 bridgehead atoms. The van der Waals surface area contributed by atoms with E-state index in [4.69, 9.17) is 27.9 Å². The molecule has 3 nitrogen and oxygen atoms in total. The van der Waals surface area contributed by atoms with E-state index in [9.17, 15) is 9.90 Å². The van der Waals surface area contributed by atoms with E-state index in [1.165, 1.54) is 0 Å². The number of halogens is 2. The van der Waals surface area contributed by atoms with Crippen LogP contribution in [0.15, 0.2) is 42.5 Å². The molecule has 3 rings (SSSR count). The summed E-state index contributed by atoms with van der Waals surface area (Å²) in [5.74, 6) is -0.442. The Kier molecular flexibility index (Phi) is 3.42. The molecule has 0 fully saturated rings. The summed E-state index contributed by atoms with van der Waals surface area (Å²) in [7, 11) is 0. The molecule has 0 unspecified atom stereocenters. The van der Waals surface area contributed by atoms with Gasteiger partial charge in [0.15, 0.2) is 6.10 Å². The number of hydrogen-bond acceptors (Lipinski definition) is 3. The molecule has 2 aromatic carbocycles. The minimum Gasteiger partial charge on any atom is -0.451 e. The van der Waals surface area contributed by atoms with Crippen LogP contribution in [0.4, 0.5) is 0 Å². The van der Waals surface area contributed by atoms with Crippen molar-refractivity contribution in [2.24, 2.45) is 0 Å². The van der Waals surface area contributed by atoms with E-state index < -0.39 is 18.2 Å². The Morgan fingerprint density at radius 1 is 1.10 bits per heavy atom. The van der Waals surface area contributed by atoms with Gasteiger partial charge in [0.25, 0.3) is 0 Å². The van der Waals surface area contributed by atoms with Gasteiger partial charge >= 0.3 is 5.97 Å².